The van der Waals surface area contributed by atoms with Crippen molar-refractivity contribution < 1.29 is 11.6 Å². The van der Waals surface area contributed by atoms with Gasteiger partial charge in [0.15, 0.2) is 0 Å². The lowest BCUT2D eigenvalue weighted by molar-refractivity contribution is 0.0472. The molecule has 2 rings (SSSR count). The normalized spacial score (nSPS) is 33.1. The molecule has 2 heteroatoms. The summed E-state index contributed by atoms with van der Waals surface area (Å²) in [6, 6.07) is 7.27. The molecule has 0 fully saturated rings. The van der Waals surface area contributed by atoms with Crippen molar-refractivity contribution in [2.24, 2.45) is 5.73 Å². The molecule has 1 aliphatic rings. The van der Waals surface area contributed by atoms with Gasteiger partial charge in [-0.15, -0.1) is 0 Å². The number of nitrogens with two attached hydrogens (primary N) is 1. The first-order valence-electron chi connectivity index (χ1n) is 7.24. The average Bonchev–Trinajstić information content (AvgIpc) is 2.32. The summed E-state index contributed by atoms with van der Waals surface area (Å²) in [5.41, 5.74) is 7.69. The molecule has 0 unspecified atom stereocenters. The van der Waals surface area contributed by atoms with E-state index in [9.17, 15) is 0 Å². The van der Waals surface area contributed by atoms with Crippen molar-refractivity contribution in [2.75, 3.05) is 6.56 Å². The molecular formula is C12H17NO. The molecule has 0 radical (unpaired) electrons. The molecule has 0 heterocycles. The summed E-state index contributed by atoms with van der Waals surface area (Å²) in [7, 11) is 0. The summed E-state index contributed by atoms with van der Waals surface area (Å²) in [5.74, 6) is 0. The van der Waals surface area contributed by atoms with Gasteiger partial charge in [0.05, 0.1) is 8.85 Å². The molecule has 2 atom stereocenters. The predicted octanol–water partition coefficient (Wildman–Crippen LogP) is 2.56. The number of rotatable bonds is 2. The van der Waals surface area contributed by atoms with Gasteiger partial charge in [0.2, 0.25) is 0 Å². The first kappa shape index (κ1) is 5.29. The van der Waals surface area contributed by atoms with Crippen molar-refractivity contribution >= 4 is 0 Å². The van der Waals surface area contributed by atoms with E-state index in [1.807, 2.05) is 24.3 Å². The van der Waals surface area contributed by atoms with Crippen LogP contribution in [0.1, 0.15) is 49.8 Å². The lowest BCUT2D eigenvalue weighted by Gasteiger charge is -2.29. The zero-order chi connectivity index (χ0) is 14.3. The van der Waals surface area contributed by atoms with Crippen LogP contribution in [0.15, 0.2) is 24.3 Å². The highest BCUT2D eigenvalue weighted by Crippen LogP contribution is 2.36. The second-order valence-corrected chi connectivity index (χ2v) is 3.52. The summed E-state index contributed by atoms with van der Waals surface area (Å²) < 4.78 is 41.9. The predicted molar refractivity (Wildman–Crippen MR) is 57.0 cm³/mol. The van der Waals surface area contributed by atoms with Crippen LogP contribution in [0, 0.1) is 0 Å². The van der Waals surface area contributed by atoms with Gasteiger partial charge in [-0.2, -0.15) is 0 Å². The van der Waals surface area contributed by atoms with Crippen LogP contribution >= 0.6 is 0 Å². The van der Waals surface area contributed by atoms with Gasteiger partial charge in [-0.05, 0) is 30.8 Å². The Morgan fingerprint density at radius 2 is 2.29 bits per heavy atom. The summed E-state index contributed by atoms with van der Waals surface area (Å²) in [6.07, 6.45) is 0.610. The van der Waals surface area contributed by atoms with Gasteiger partial charge in [-0.1, -0.05) is 24.3 Å². The SMILES string of the molecule is [2H]C([2H])([2H])C([2H])([2H])O[C@H]1CC[C@H](N)c2ccccc21. The van der Waals surface area contributed by atoms with E-state index in [1.165, 1.54) is 0 Å². The highest BCUT2D eigenvalue weighted by atomic mass is 16.5. The highest BCUT2D eigenvalue weighted by molar-refractivity contribution is 5.33. The van der Waals surface area contributed by atoms with Crippen molar-refractivity contribution in [1.29, 1.82) is 0 Å². The Bertz CT molecular complexity index is 460. The number of benzene rings is 1. The molecule has 2 N–H and O–H groups in total. The Morgan fingerprint density at radius 3 is 3.07 bits per heavy atom. The van der Waals surface area contributed by atoms with Crippen LogP contribution in [0.2, 0.25) is 0 Å². The van der Waals surface area contributed by atoms with Crippen molar-refractivity contribution in [1.82, 2.24) is 0 Å². The van der Waals surface area contributed by atoms with Gasteiger partial charge in [-0.3, -0.25) is 0 Å². The van der Waals surface area contributed by atoms with Gasteiger partial charge in [0.25, 0.3) is 0 Å². The second kappa shape index (κ2) is 4.11. The molecule has 0 saturated heterocycles. The van der Waals surface area contributed by atoms with Gasteiger partial charge < -0.3 is 10.5 Å². The minimum atomic E-state index is -2.80. The molecule has 76 valence electrons. The average molecular weight is 196 g/mol. The fourth-order valence-corrected chi connectivity index (χ4v) is 1.98. The van der Waals surface area contributed by atoms with Crippen molar-refractivity contribution in [3.63, 3.8) is 0 Å². The van der Waals surface area contributed by atoms with E-state index in [0.29, 0.717) is 12.8 Å². The molecular weight excluding hydrogens is 174 g/mol. The van der Waals surface area contributed by atoms with Crippen LogP contribution in [0.5, 0.6) is 0 Å². The summed E-state index contributed by atoms with van der Waals surface area (Å²) in [6.45, 7) is -5.46. The Kier molecular flexibility index (Phi) is 1.55. The van der Waals surface area contributed by atoms with Gasteiger partial charge in [0, 0.05) is 16.7 Å². The van der Waals surface area contributed by atoms with E-state index >= 15 is 0 Å². The molecule has 0 spiro atoms. The second-order valence-electron chi connectivity index (χ2n) is 3.52. The van der Waals surface area contributed by atoms with Gasteiger partial charge in [-0.25, -0.2) is 0 Å². The monoisotopic (exact) mass is 196 g/mol. The molecule has 1 aromatic carbocycles. The third-order valence-corrected chi connectivity index (χ3v) is 2.68. The smallest absolute Gasteiger partial charge is 0.0828 e. The van der Waals surface area contributed by atoms with E-state index in [0.717, 1.165) is 11.1 Å². The van der Waals surface area contributed by atoms with E-state index in [-0.39, 0.29) is 6.04 Å². The minimum Gasteiger partial charge on any atom is -0.374 e. The minimum absolute atomic E-state index is 0.102. The van der Waals surface area contributed by atoms with Crippen LogP contribution in [-0.4, -0.2) is 6.56 Å². The third-order valence-electron chi connectivity index (χ3n) is 2.68. The van der Waals surface area contributed by atoms with Crippen molar-refractivity contribution in [2.45, 2.75) is 31.8 Å². The fourth-order valence-electron chi connectivity index (χ4n) is 1.98. The van der Waals surface area contributed by atoms with Crippen LogP contribution in [0.4, 0.5) is 0 Å². The van der Waals surface area contributed by atoms with Gasteiger partial charge in [0.1, 0.15) is 0 Å². The molecule has 1 aliphatic carbocycles. The Morgan fingerprint density at radius 1 is 1.50 bits per heavy atom. The first-order chi connectivity index (χ1) is 8.72. The topological polar surface area (TPSA) is 35.2 Å². The van der Waals surface area contributed by atoms with Crippen LogP contribution in [0.3, 0.4) is 0 Å². The Balaban J connectivity index is 2.27. The van der Waals surface area contributed by atoms with E-state index in [4.69, 9.17) is 17.3 Å². The molecule has 0 bridgehead atoms. The van der Waals surface area contributed by atoms with E-state index in [2.05, 4.69) is 0 Å². The third kappa shape index (κ3) is 1.68. The molecule has 0 amide bonds. The Hall–Kier alpha value is -0.860. The molecule has 0 saturated carbocycles. The lowest BCUT2D eigenvalue weighted by Crippen LogP contribution is -2.21. The number of hydrogen-bond acceptors (Lipinski definition) is 2. The standard InChI is InChI=1S/C12H17NO/c1-2-14-12-8-7-11(13)9-5-3-4-6-10(9)12/h3-6,11-12H,2,7-8,13H2,1H3/t11-,12-/m0/s1/i1D3,2D2. The van der Waals surface area contributed by atoms with Crippen molar-refractivity contribution in [3.05, 3.63) is 35.4 Å². The van der Waals surface area contributed by atoms with E-state index < -0.39 is 19.5 Å². The lowest BCUT2D eigenvalue weighted by atomic mass is 9.86. The van der Waals surface area contributed by atoms with E-state index in [1.54, 1.807) is 0 Å². The maximum Gasteiger partial charge on any atom is 0.0828 e. The molecule has 2 nitrogen and oxygen atoms in total. The number of fused-ring (bicyclic) bond motifs is 1. The molecule has 0 aliphatic heterocycles. The first-order valence-corrected chi connectivity index (χ1v) is 4.74. The zero-order valence-corrected chi connectivity index (χ0v) is 7.86. The number of hydrogen-bond donors (Lipinski definition) is 1. The Labute approximate surface area is 92.1 Å². The quantitative estimate of drug-likeness (QED) is 0.789. The maximum atomic E-state index is 7.56. The molecule has 14 heavy (non-hydrogen) atoms. The highest BCUT2D eigenvalue weighted by Gasteiger charge is 2.24. The van der Waals surface area contributed by atoms with Crippen LogP contribution in [0.25, 0.3) is 0 Å². The maximum absolute atomic E-state index is 7.56. The molecule has 0 aromatic heterocycles. The summed E-state index contributed by atoms with van der Waals surface area (Å²) in [5, 5.41) is 0. The zero-order valence-electron chi connectivity index (χ0n) is 12.9. The number of ether oxygens (including phenoxy) is 1. The summed E-state index contributed by atoms with van der Waals surface area (Å²) in [4.78, 5) is 0. The van der Waals surface area contributed by atoms with Crippen LogP contribution in [-0.2, 0) is 4.74 Å². The fraction of sp³-hybridized carbons (Fsp3) is 0.500. The molecule has 1 aromatic rings. The van der Waals surface area contributed by atoms with Gasteiger partial charge >= 0.3 is 0 Å². The van der Waals surface area contributed by atoms with Crippen LogP contribution < -0.4 is 5.73 Å². The van der Waals surface area contributed by atoms with Crippen molar-refractivity contribution in [3.8, 4) is 0 Å². The largest absolute Gasteiger partial charge is 0.374 e. The summed E-state index contributed by atoms with van der Waals surface area (Å²) >= 11 is 0.